The van der Waals surface area contributed by atoms with Gasteiger partial charge in [-0.25, -0.2) is 0 Å². The molecule has 3 nitrogen and oxygen atoms in total. The van der Waals surface area contributed by atoms with Crippen molar-refractivity contribution in [3.63, 3.8) is 0 Å². The second kappa shape index (κ2) is 5.56. The smallest absolute Gasteiger partial charge is 0.235 e. The highest BCUT2D eigenvalue weighted by Gasteiger charge is 2.25. The first-order valence-corrected chi connectivity index (χ1v) is 6.22. The molecule has 1 atom stereocenters. The van der Waals surface area contributed by atoms with Crippen LogP contribution >= 0.6 is 24.0 Å². The number of hydrogen-bond acceptors (Lipinski definition) is 3. The summed E-state index contributed by atoms with van der Waals surface area (Å²) in [6.07, 6.45) is 2.79. The lowest BCUT2D eigenvalue weighted by Crippen LogP contribution is -2.35. The maximum absolute atomic E-state index is 11.8. The Hall–Kier alpha value is -0.290. The van der Waals surface area contributed by atoms with Crippen LogP contribution in [0.1, 0.15) is 19.3 Å². The highest BCUT2D eigenvalue weighted by atomic mass is 32.2. The first-order chi connectivity index (χ1) is 6.61. The number of nitrogens with two attached hydrogens (primary N) is 1. The van der Waals surface area contributed by atoms with Crippen LogP contribution in [0.4, 0.5) is 0 Å². The van der Waals surface area contributed by atoms with Crippen LogP contribution in [0.5, 0.6) is 0 Å². The van der Waals surface area contributed by atoms with E-state index in [1.165, 1.54) is 0 Å². The molecule has 5 heteroatoms. The number of thiocarbonyl (C=S) groups is 1. The van der Waals surface area contributed by atoms with E-state index in [-0.39, 0.29) is 11.2 Å². The molecule has 1 aliphatic rings. The van der Waals surface area contributed by atoms with E-state index < -0.39 is 0 Å². The molecule has 14 heavy (non-hydrogen) atoms. The first kappa shape index (κ1) is 11.8. The Morgan fingerprint density at radius 3 is 2.93 bits per heavy atom. The molecule has 1 heterocycles. The van der Waals surface area contributed by atoms with Gasteiger partial charge in [-0.2, -0.15) is 0 Å². The number of hydrogen-bond donors (Lipinski definition) is 1. The summed E-state index contributed by atoms with van der Waals surface area (Å²) >= 11 is 6.53. The molecular weight excluding hydrogens is 216 g/mol. The van der Waals surface area contributed by atoms with Crippen LogP contribution in [0, 0.1) is 0 Å². The fourth-order valence-corrected chi connectivity index (χ4v) is 2.77. The number of rotatable bonds is 4. The lowest BCUT2D eigenvalue weighted by molar-refractivity contribution is -0.129. The number of amides is 1. The summed E-state index contributed by atoms with van der Waals surface area (Å²) in [5, 5.41) is 0.173. The second-order valence-corrected chi connectivity index (χ2v) is 5.31. The zero-order chi connectivity index (χ0) is 10.6. The van der Waals surface area contributed by atoms with Gasteiger partial charge in [0.1, 0.15) is 0 Å². The zero-order valence-corrected chi connectivity index (χ0v) is 10.00. The zero-order valence-electron chi connectivity index (χ0n) is 8.36. The molecule has 1 rings (SSSR count). The summed E-state index contributed by atoms with van der Waals surface area (Å²) in [6, 6.07) is 0. The van der Waals surface area contributed by atoms with E-state index in [9.17, 15) is 4.79 Å². The van der Waals surface area contributed by atoms with Crippen LogP contribution in [-0.4, -0.2) is 40.4 Å². The highest BCUT2D eigenvalue weighted by Crippen LogP contribution is 2.27. The Balaban J connectivity index is 2.31. The minimum Gasteiger partial charge on any atom is -0.393 e. The van der Waals surface area contributed by atoms with Crippen molar-refractivity contribution in [3.05, 3.63) is 0 Å². The topological polar surface area (TPSA) is 46.3 Å². The van der Waals surface area contributed by atoms with Crippen molar-refractivity contribution in [1.29, 1.82) is 0 Å². The molecule has 0 aromatic rings. The molecule has 0 spiro atoms. The fraction of sp³-hybridized carbons (Fsp3) is 0.778. The van der Waals surface area contributed by atoms with Crippen molar-refractivity contribution in [1.82, 2.24) is 4.90 Å². The third-order valence-electron chi connectivity index (χ3n) is 2.27. The molecule has 1 unspecified atom stereocenters. The van der Waals surface area contributed by atoms with Gasteiger partial charge >= 0.3 is 0 Å². The molecule has 0 saturated carbocycles. The third kappa shape index (κ3) is 3.46. The van der Waals surface area contributed by atoms with Crippen LogP contribution < -0.4 is 5.73 Å². The van der Waals surface area contributed by atoms with Gasteiger partial charge in [0.15, 0.2) is 0 Å². The molecule has 1 saturated heterocycles. The first-order valence-electron chi connectivity index (χ1n) is 4.76. The largest absolute Gasteiger partial charge is 0.393 e. The van der Waals surface area contributed by atoms with E-state index in [1.807, 2.05) is 7.05 Å². The van der Waals surface area contributed by atoms with Gasteiger partial charge in [0.05, 0.1) is 10.2 Å². The molecule has 0 radical (unpaired) electrons. The Morgan fingerprint density at radius 1 is 1.71 bits per heavy atom. The predicted octanol–water partition coefficient (Wildman–Crippen LogP) is 1.02. The average molecular weight is 232 g/mol. The van der Waals surface area contributed by atoms with Gasteiger partial charge in [0.25, 0.3) is 0 Å². The van der Waals surface area contributed by atoms with Crippen LogP contribution in [0.25, 0.3) is 0 Å². The Labute approximate surface area is 94.4 Å². The molecule has 1 fully saturated rings. The van der Waals surface area contributed by atoms with Crippen LogP contribution in [0.2, 0.25) is 0 Å². The van der Waals surface area contributed by atoms with Crippen molar-refractivity contribution >= 4 is 34.9 Å². The summed E-state index contributed by atoms with van der Waals surface area (Å²) in [4.78, 5) is 14.0. The lowest BCUT2D eigenvalue weighted by atomic mass is 10.2. The number of thioether (sulfide) groups is 1. The van der Waals surface area contributed by atoms with Crippen molar-refractivity contribution in [2.75, 3.05) is 19.3 Å². The van der Waals surface area contributed by atoms with Crippen LogP contribution in [0.15, 0.2) is 0 Å². The average Bonchev–Trinajstić information content (AvgIpc) is 2.65. The van der Waals surface area contributed by atoms with E-state index in [0.717, 1.165) is 18.6 Å². The Bertz CT molecular complexity index is 227. The van der Waals surface area contributed by atoms with E-state index in [4.69, 9.17) is 18.0 Å². The molecule has 1 amide bonds. The van der Waals surface area contributed by atoms with Gasteiger partial charge in [-0.05, 0) is 18.6 Å². The van der Waals surface area contributed by atoms with E-state index in [2.05, 4.69) is 0 Å². The fourth-order valence-electron chi connectivity index (χ4n) is 1.41. The van der Waals surface area contributed by atoms with E-state index in [1.54, 1.807) is 16.7 Å². The van der Waals surface area contributed by atoms with Crippen molar-refractivity contribution < 1.29 is 4.79 Å². The quantitative estimate of drug-likeness (QED) is 0.735. The van der Waals surface area contributed by atoms with E-state index in [0.29, 0.717) is 18.0 Å². The monoisotopic (exact) mass is 232 g/mol. The number of carbonyl (C=O) groups excluding carboxylic acids is 1. The van der Waals surface area contributed by atoms with Crippen LogP contribution in [0.3, 0.4) is 0 Å². The molecule has 0 aromatic heterocycles. The molecule has 0 bridgehead atoms. The van der Waals surface area contributed by atoms with Gasteiger partial charge in [0, 0.05) is 20.0 Å². The van der Waals surface area contributed by atoms with E-state index >= 15 is 0 Å². The second-order valence-electron chi connectivity index (χ2n) is 3.48. The Morgan fingerprint density at radius 2 is 2.43 bits per heavy atom. The minimum absolute atomic E-state index is 0.173. The van der Waals surface area contributed by atoms with Gasteiger partial charge in [-0.3, -0.25) is 4.79 Å². The van der Waals surface area contributed by atoms with Crippen molar-refractivity contribution in [3.8, 4) is 0 Å². The highest BCUT2D eigenvalue weighted by molar-refractivity contribution is 8.00. The van der Waals surface area contributed by atoms with Crippen molar-refractivity contribution in [2.45, 2.75) is 24.5 Å². The molecule has 80 valence electrons. The summed E-state index contributed by atoms with van der Waals surface area (Å²) in [7, 11) is 1.82. The summed E-state index contributed by atoms with van der Waals surface area (Å²) in [5.74, 6) is 1.34. The predicted molar refractivity (Wildman–Crippen MR) is 64.5 cm³/mol. The molecular formula is C9H16N2OS2. The molecule has 1 aliphatic heterocycles. The van der Waals surface area contributed by atoms with Gasteiger partial charge in [0.2, 0.25) is 5.91 Å². The molecule has 0 aromatic carbocycles. The third-order valence-corrected chi connectivity index (χ3v) is 3.84. The molecule has 2 N–H and O–H groups in total. The molecule has 0 aliphatic carbocycles. The van der Waals surface area contributed by atoms with Gasteiger partial charge in [-0.15, -0.1) is 11.8 Å². The number of nitrogens with zero attached hydrogens (tertiary/aromatic N) is 1. The number of carbonyl (C=O) groups is 1. The van der Waals surface area contributed by atoms with Gasteiger partial charge in [-0.1, -0.05) is 12.2 Å². The Kier molecular flexibility index (Phi) is 4.68. The normalized spacial score (nSPS) is 20.8. The maximum atomic E-state index is 11.8. The standard InChI is InChI=1S/C9H16N2OS2/c1-11(5-4-8(10)13)9(12)7-3-2-6-14-7/h7H,2-6H2,1H3,(H2,10,13). The summed E-state index contributed by atoms with van der Waals surface area (Å²) in [5.41, 5.74) is 5.38. The SMILES string of the molecule is CN(CCC(N)=S)C(=O)C1CCCS1. The van der Waals surface area contributed by atoms with Gasteiger partial charge < -0.3 is 10.6 Å². The summed E-state index contributed by atoms with van der Waals surface area (Å²) in [6.45, 7) is 0.644. The summed E-state index contributed by atoms with van der Waals surface area (Å²) < 4.78 is 0. The van der Waals surface area contributed by atoms with Crippen molar-refractivity contribution in [2.24, 2.45) is 5.73 Å². The van der Waals surface area contributed by atoms with Crippen LogP contribution in [-0.2, 0) is 4.79 Å². The lowest BCUT2D eigenvalue weighted by Gasteiger charge is -2.20. The minimum atomic E-state index is 0.173. The maximum Gasteiger partial charge on any atom is 0.235 e.